The van der Waals surface area contributed by atoms with Gasteiger partial charge in [-0.15, -0.1) is 5.06 Å². The lowest BCUT2D eigenvalue weighted by molar-refractivity contribution is -0.197. The summed E-state index contributed by atoms with van der Waals surface area (Å²) < 4.78 is 92.6. The van der Waals surface area contributed by atoms with Crippen LogP contribution in [-0.2, 0) is 81.2 Å². The molecule has 4 N–H and O–H groups in total. The first-order valence-corrected chi connectivity index (χ1v) is 28.6. The minimum atomic E-state index is -3.73. The first kappa shape index (κ1) is 64.3. The lowest BCUT2D eigenvalue weighted by Crippen LogP contribution is -2.44. The normalized spacial score (nSPS) is 12.9. The van der Waals surface area contributed by atoms with Crippen LogP contribution in [0.4, 0.5) is 5.69 Å². The zero-order valence-corrected chi connectivity index (χ0v) is 46.4. The fraction of sp³-hybridized carbons (Fsp3) is 0.582. The molecule has 2 aromatic rings. The lowest BCUT2D eigenvalue weighted by Gasteiger charge is -2.25. The highest BCUT2D eigenvalue weighted by atomic mass is 32.2. The third kappa shape index (κ3) is 23.6. The molecular formula is C55H79N4O19S+. The average Bonchev–Trinajstić information content (AvgIpc) is 3.94. The molecule has 3 amide bonds. The third-order valence-electron chi connectivity index (χ3n) is 12.0. The molecule has 0 radical (unpaired) electrons. The van der Waals surface area contributed by atoms with Crippen molar-refractivity contribution in [3.8, 4) is 22.5 Å². The molecule has 0 unspecified atom stereocenters. The number of hydrogen-bond donors (Lipinski definition) is 2. The molecule has 1 saturated heterocycles. The van der Waals surface area contributed by atoms with Crippen LogP contribution in [0.15, 0.2) is 63.9 Å². The molecular weight excluding hydrogens is 1050 g/mol. The van der Waals surface area contributed by atoms with Crippen LogP contribution in [0.25, 0.3) is 33.4 Å². The van der Waals surface area contributed by atoms with E-state index in [1.807, 2.05) is 0 Å². The van der Waals surface area contributed by atoms with Crippen LogP contribution in [0, 0.1) is 0 Å². The van der Waals surface area contributed by atoms with Crippen molar-refractivity contribution >= 4 is 50.2 Å². The SMILES string of the molecule is COCCOCCOCCOCCOCCOCCOCCOCCOCCOCCOCCCN(CCCCCC(=O)ON1C(=O)CCC1=O)C(=O)c1ccc(S(C)(=O)=O)cc1-c1c2ccc(=[NH2+])cc-2oc2cc(N)ccc12. The summed E-state index contributed by atoms with van der Waals surface area (Å²) in [5, 5.41) is 7.73. The Kier molecular flexibility index (Phi) is 29.9. The van der Waals surface area contributed by atoms with Crippen molar-refractivity contribution in [3.05, 3.63) is 65.5 Å². The molecule has 79 heavy (non-hydrogen) atoms. The van der Waals surface area contributed by atoms with Gasteiger partial charge in [-0.3, -0.25) is 19.8 Å². The van der Waals surface area contributed by atoms with E-state index in [0.717, 1.165) is 6.26 Å². The highest BCUT2D eigenvalue weighted by molar-refractivity contribution is 7.90. The maximum atomic E-state index is 14.9. The van der Waals surface area contributed by atoms with E-state index in [2.05, 4.69) is 0 Å². The van der Waals surface area contributed by atoms with Crippen LogP contribution in [0.3, 0.4) is 0 Å². The number of carbonyl (C=O) groups excluding carboxylic acids is 4. The van der Waals surface area contributed by atoms with Crippen molar-refractivity contribution in [1.29, 1.82) is 0 Å². The Labute approximate surface area is 461 Å². The average molecular weight is 1130 g/mol. The molecule has 3 aliphatic rings. The van der Waals surface area contributed by atoms with Crippen LogP contribution in [0.2, 0.25) is 0 Å². The van der Waals surface area contributed by atoms with Crippen molar-refractivity contribution in [2.75, 3.05) is 171 Å². The van der Waals surface area contributed by atoms with Gasteiger partial charge in [-0.1, -0.05) is 6.42 Å². The number of ether oxygens (including phenoxy) is 11. The van der Waals surface area contributed by atoms with Crippen molar-refractivity contribution < 1.29 is 94.4 Å². The van der Waals surface area contributed by atoms with E-state index < -0.39 is 27.6 Å². The molecule has 23 nitrogen and oxygen atoms in total. The number of nitrogens with two attached hydrogens (primary N) is 2. The summed E-state index contributed by atoms with van der Waals surface area (Å²) in [6.45, 7) is 9.90. The number of benzene rings is 3. The number of carbonyl (C=O) groups is 4. The van der Waals surface area contributed by atoms with Gasteiger partial charge < -0.3 is 72.0 Å². The number of imide groups is 1. The molecule has 0 saturated carbocycles. The van der Waals surface area contributed by atoms with Gasteiger partial charge in [0.15, 0.2) is 15.2 Å². The Balaban J connectivity index is 0.989. The summed E-state index contributed by atoms with van der Waals surface area (Å²) in [4.78, 5) is 57.9. The van der Waals surface area contributed by atoms with Gasteiger partial charge in [0.1, 0.15) is 11.3 Å². The standard InChI is InChI=1S/C55H78N4O19S/c1-66-19-20-68-23-24-70-27-28-72-31-32-74-35-36-76-38-37-75-34-33-73-30-29-71-26-25-69-22-21-67-18-6-17-58(16-5-3-4-7-53(62)78-59-51(60)14-15-52(59)61)55(63)45-13-10-44(79(2,64)65)41-48(45)54-46-11-8-42(56)39-49(46)77-50-40-43(57)9-12-47(50)54/h8-13,39-41,56H,3-7,14-38,57H2,1-2H3/p+1. The summed E-state index contributed by atoms with van der Waals surface area (Å²) in [7, 11) is -2.09. The van der Waals surface area contributed by atoms with Gasteiger partial charge in [0.2, 0.25) is 0 Å². The predicted octanol–water partition coefficient (Wildman–Crippen LogP) is 2.66. The number of fused-ring (bicyclic) bond motifs is 2. The topological polar surface area (TPSA) is 284 Å². The van der Waals surface area contributed by atoms with E-state index in [1.165, 1.54) is 18.2 Å². The Hall–Kier alpha value is -5.48. The Morgan fingerprint density at radius 3 is 1.59 bits per heavy atom. The lowest BCUT2D eigenvalue weighted by atomic mass is 9.90. The third-order valence-corrected chi connectivity index (χ3v) is 13.1. The zero-order valence-electron chi connectivity index (χ0n) is 45.6. The molecule has 2 aromatic carbocycles. The van der Waals surface area contributed by atoms with Crippen LogP contribution in [0.1, 0.15) is 55.3 Å². The summed E-state index contributed by atoms with van der Waals surface area (Å²) >= 11 is 0. The second-order valence-corrected chi connectivity index (χ2v) is 20.1. The van der Waals surface area contributed by atoms with E-state index in [-0.39, 0.29) is 48.7 Å². The van der Waals surface area contributed by atoms with E-state index in [9.17, 15) is 27.6 Å². The van der Waals surface area contributed by atoms with Crippen LogP contribution < -0.4 is 16.5 Å². The number of methoxy groups -OCH3 is 1. The van der Waals surface area contributed by atoms with Gasteiger partial charge in [0.25, 0.3) is 17.7 Å². The van der Waals surface area contributed by atoms with Gasteiger partial charge in [-0.05, 0) is 61.2 Å². The summed E-state index contributed by atoms with van der Waals surface area (Å²) in [6, 6.07) is 14.7. The highest BCUT2D eigenvalue weighted by Gasteiger charge is 2.33. The molecule has 0 spiro atoms. The molecule has 0 atom stereocenters. The molecule has 5 rings (SSSR count). The molecule has 438 valence electrons. The molecule has 1 fully saturated rings. The van der Waals surface area contributed by atoms with Crippen molar-refractivity contribution in [3.63, 3.8) is 0 Å². The molecule has 0 aromatic heterocycles. The number of amides is 3. The number of nitrogens with zero attached hydrogens (tertiary/aromatic N) is 2. The fourth-order valence-electron chi connectivity index (χ4n) is 7.98. The van der Waals surface area contributed by atoms with Crippen LogP contribution in [0.5, 0.6) is 0 Å². The van der Waals surface area contributed by atoms with E-state index in [0.29, 0.717) is 214 Å². The van der Waals surface area contributed by atoms with E-state index in [1.54, 1.807) is 48.4 Å². The Bertz CT molecular complexity index is 2600. The molecule has 1 aliphatic carbocycles. The van der Waals surface area contributed by atoms with Gasteiger partial charge >= 0.3 is 5.97 Å². The maximum Gasteiger partial charge on any atom is 0.333 e. The number of anilines is 1. The van der Waals surface area contributed by atoms with Crippen LogP contribution >= 0.6 is 0 Å². The first-order chi connectivity index (χ1) is 38.4. The summed E-state index contributed by atoms with van der Waals surface area (Å²) in [5.41, 5.74) is 8.80. The molecule has 2 heterocycles. The zero-order chi connectivity index (χ0) is 56.5. The largest absolute Gasteiger partial charge is 0.456 e. The second kappa shape index (κ2) is 36.7. The summed E-state index contributed by atoms with van der Waals surface area (Å²) in [5.74, 6) is -1.76. The quantitative estimate of drug-likeness (QED) is 0.0279. The molecule has 2 aliphatic heterocycles. The van der Waals surface area contributed by atoms with Gasteiger partial charge in [0, 0.05) is 92.2 Å². The Morgan fingerprint density at radius 2 is 1.09 bits per heavy atom. The number of sulfone groups is 1. The second-order valence-electron chi connectivity index (χ2n) is 18.1. The first-order valence-electron chi connectivity index (χ1n) is 26.7. The van der Waals surface area contributed by atoms with Crippen molar-refractivity contribution in [2.45, 2.75) is 49.8 Å². The molecule has 0 bridgehead atoms. The predicted molar refractivity (Wildman–Crippen MR) is 287 cm³/mol. The molecule has 24 heteroatoms. The van der Waals surface area contributed by atoms with E-state index >= 15 is 0 Å². The Morgan fingerprint density at radius 1 is 0.595 bits per heavy atom. The number of hydroxylamine groups is 2. The van der Waals surface area contributed by atoms with Crippen LogP contribution in [-0.4, -0.2) is 207 Å². The number of nitrogen functional groups attached to an aromatic ring is 1. The van der Waals surface area contributed by atoms with Gasteiger partial charge in [-0.25, -0.2) is 13.2 Å². The maximum absolute atomic E-state index is 14.9. The highest BCUT2D eigenvalue weighted by Crippen LogP contribution is 2.42. The minimum absolute atomic E-state index is 0.00335. The van der Waals surface area contributed by atoms with Crippen molar-refractivity contribution in [1.82, 2.24) is 9.96 Å². The number of hydrogen-bond acceptors (Lipinski definition) is 20. The fourth-order valence-corrected chi connectivity index (χ4v) is 8.63. The van der Waals surface area contributed by atoms with E-state index in [4.69, 9.17) is 72.5 Å². The smallest absolute Gasteiger partial charge is 0.333 e. The van der Waals surface area contributed by atoms with Crippen molar-refractivity contribution in [2.24, 2.45) is 0 Å². The monoisotopic (exact) mass is 1130 g/mol. The van der Waals surface area contributed by atoms with Gasteiger partial charge in [0.05, 0.1) is 143 Å². The minimum Gasteiger partial charge on any atom is -0.456 e. The number of unbranched alkanes of at least 4 members (excludes halogenated alkanes) is 2. The number of rotatable bonds is 44. The summed E-state index contributed by atoms with van der Waals surface area (Å²) in [6.07, 6.45) is 2.90. The van der Waals surface area contributed by atoms with Gasteiger partial charge in [-0.2, -0.15) is 0 Å².